The second kappa shape index (κ2) is 6.15. The molecule has 2 aromatic heterocycles. The van der Waals surface area contributed by atoms with Crippen LogP contribution < -0.4 is 4.90 Å². The number of hydrogen-bond donors (Lipinski definition) is 0. The van der Waals surface area contributed by atoms with Crippen LogP contribution in [0, 0.1) is 0 Å². The fourth-order valence-electron chi connectivity index (χ4n) is 1.55. The Morgan fingerprint density at radius 1 is 1.33 bits per heavy atom. The van der Waals surface area contributed by atoms with Crippen molar-refractivity contribution in [2.45, 2.75) is 11.7 Å². The number of hydrogen-bond acceptors (Lipinski definition) is 5. The van der Waals surface area contributed by atoms with Crippen LogP contribution in [-0.2, 0) is 6.54 Å². The monoisotopic (exact) mass is 324 g/mol. The van der Waals surface area contributed by atoms with Gasteiger partial charge in [-0.15, -0.1) is 0 Å². The van der Waals surface area contributed by atoms with Crippen LogP contribution in [0.15, 0.2) is 40.4 Å². The largest absolute Gasteiger partial charge is 0.354 e. The molecule has 2 heterocycles. The van der Waals surface area contributed by atoms with Crippen molar-refractivity contribution in [1.82, 2.24) is 15.0 Å². The van der Waals surface area contributed by atoms with Crippen LogP contribution in [0.2, 0.25) is 0 Å². The van der Waals surface area contributed by atoms with E-state index in [1.54, 1.807) is 18.6 Å². The van der Waals surface area contributed by atoms with Crippen molar-refractivity contribution in [1.29, 1.82) is 0 Å². The molecule has 2 rings (SSSR count). The summed E-state index contributed by atoms with van der Waals surface area (Å²) in [6.45, 7) is 0.784. The van der Waals surface area contributed by atoms with E-state index in [9.17, 15) is 0 Å². The highest BCUT2D eigenvalue weighted by Crippen LogP contribution is 2.25. The minimum Gasteiger partial charge on any atom is -0.354 e. The predicted octanol–water partition coefficient (Wildman–Crippen LogP) is 2.99. The summed E-state index contributed by atoms with van der Waals surface area (Å²) in [5.41, 5.74) is 1.20. The number of aromatic nitrogens is 3. The normalized spacial score (nSPS) is 10.4. The van der Waals surface area contributed by atoms with Gasteiger partial charge in [-0.25, -0.2) is 9.97 Å². The lowest BCUT2D eigenvalue weighted by Crippen LogP contribution is -2.18. The number of rotatable bonds is 4. The van der Waals surface area contributed by atoms with E-state index >= 15 is 0 Å². The van der Waals surface area contributed by atoms with E-state index in [-0.39, 0.29) is 0 Å². The lowest BCUT2D eigenvalue weighted by Gasteiger charge is -2.19. The predicted molar refractivity (Wildman–Crippen MR) is 77.9 cm³/mol. The first kappa shape index (κ1) is 13.3. The lowest BCUT2D eigenvalue weighted by molar-refractivity contribution is 0.849. The Bertz CT molecular complexity index is 521. The van der Waals surface area contributed by atoms with Crippen molar-refractivity contribution in [3.63, 3.8) is 0 Å². The lowest BCUT2D eigenvalue weighted by atomic mass is 10.2. The van der Waals surface area contributed by atoms with Gasteiger partial charge in [0, 0.05) is 32.2 Å². The van der Waals surface area contributed by atoms with E-state index in [2.05, 4.69) is 35.8 Å². The molecular formula is C12H13BrN4S. The zero-order valence-corrected chi connectivity index (χ0v) is 12.6. The first-order valence-corrected chi connectivity index (χ1v) is 7.39. The molecule has 0 atom stereocenters. The summed E-state index contributed by atoms with van der Waals surface area (Å²) >= 11 is 5.02. The van der Waals surface area contributed by atoms with Crippen molar-refractivity contribution < 1.29 is 0 Å². The molecule has 0 aliphatic carbocycles. The summed E-state index contributed by atoms with van der Waals surface area (Å²) in [6.07, 6.45) is 7.35. The molecule has 0 N–H and O–H groups in total. The van der Waals surface area contributed by atoms with Crippen LogP contribution in [-0.4, -0.2) is 28.3 Å². The Morgan fingerprint density at radius 2 is 2.06 bits per heavy atom. The minimum atomic E-state index is 0.773. The molecule has 0 saturated heterocycles. The van der Waals surface area contributed by atoms with Gasteiger partial charge in [0.2, 0.25) is 0 Å². The highest BCUT2D eigenvalue weighted by atomic mass is 79.9. The summed E-state index contributed by atoms with van der Waals surface area (Å²) < 4.78 is 0.900. The van der Waals surface area contributed by atoms with E-state index in [4.69, 9.17) is 0 Å². The second-order valence-corrected chi connectivity index (χ2v) is 5.37. The summed E-state index contributed by atoms with van der Waals surface area (Å²) in [4.78, 5) is 14.8. The van der Waals surface area contributed by atoms with Gasteiger partial charge in [0.25, 0.3) is 0 Å². The topological polar surface area (TPSA) is 41.9 Å². The first-order valence-electron chi connectivity index (χ1n) is 5.37. The van der Waals surface area contributed by atoms with Gasteiger partial charge in [-0.05, 0) is 39.9 Å². The van der Waals surface area contributed by atoms with Crippen LogP contribution in [0.5, 0.6) is 0 Å². The van der Waals surface area contributed by atoms with Gasteiger partial charge in [0.05, 0.1) is 4.47 Å². The van der Waals surface area contributed by atoms with Crippen molar-refractivity contribution in [2.75, 3.05) is 18.2 Å². The first-order chi connectivity index (χ1) is 8.70. The summed E-state index contributed by atoms with van der Waals surface area (Å²) in [5.74, 6) is 0.895. The second-order valence-electron chi connectivity index (χ2n) is 3.74. The molecule has 0 unspecified atom stereocenters. The number of halogens is 1. The van der Waals surface area contributed by atoms with E-state index in [1.165, 1.54) is 17.3 Å². The van der Waals surface area contributed by atoms with E-state index in [1.807, 2.05) is 25.4 Å². The Balaban J connectivity index is 2.20. The zero-order valence-electron chi connectivity index (χ0n) is 10.2. The SMILES string of the molecule is CSc1ncc(Br)c(N(C)Cc2ccncc2)n1. The quantitative estimate of drug-likeness (QED) is 0.638. The third kappa shape index (κ3) is 3.20. The average Bonchev–Trinajstić information content (AvgIpc) is 2.40. The number of thioether (sulfide) groups is 1. The number of nitrogens with zero attached hydrogens (tertiary/aromatic N) is 4. The Kier molecular flexibility index (Phi) is 4.54. The molecule has 0 aromatic carbocycles. The molecule has 0 aliphatic heterocycles. The third-order valence-electron chi connectivity index (χ3n) is 2.42. The van der Waals surface area contributed by atoms with Crippen LogP contribution in [0.4, 0.5) is 5.82 Å². The standard InChI is InChI=1S/C12H13BrN4S/c1-17(8-9-3-5-14-6-4-9)11-10(13)7-15-12(16-11)18-2/h3-7H,8H2,1-2H3. The maximum Gasteiger partial charge on any atom is 0.189 e. The van der Waals surface area contributed by atoms with Crippen LogP contribution in [0.1, 0.15) is 5.56 Å². The number of anilines is 1. The maximum atomic E-state index is 4.50. The zero-order chi connectivity index (χ0) is 13.0. The highest BCUT2D eigenvalue weighted by Gasteiger charge is 2.10. The molecule has 0 amide bonds. The Morgan fingerprint density at radius 3 is 2.72 bits per heavy atom. The summed E-state index contributed by atoms with van der Waals surface area (Å²) in [6, 6.07) is 4.00. The van der Waals surface area contributed by atoms with Crippen molar-refractivity contribution in [3.8, 4) is 0 Å². The molecule has 2 aromatic rings. The van der Waals surface area contributed by atoms with Crippen LogP contribution in [0.3, 0.4) is 0 Å². The Hall–Kier alpha value is -1.14. The van der Waals surface area contributed by atoms with E-state index in [0.29, 0.717) is 0 Å². The van der Waals surface area contributed by atoms with Gasteiger partial charge in [-0.1, -0.05) is 11.8 Å². The fourth-order valence-corrected chi connectivity index (χ4v) is 2.38. The molecule has 0 radical (unpaired) electrons. The molecular weight excluding hydrogens is 312 g/mol. The van der Waals surface area contributed by atoms with Gasteiger partial charge >= 0.3 is 0 Å². The number of pyridine rings is 1. The van der Waals surface area contributed by atoms with Gasteiger partial charge in [0.15, 0.2) is 5.16 Å². The molecule has 18 heavy (non-hydrogen) atoms. The molecule has 0 aliphatic rings. The molecule has 0 bridgehead atoms. The van der Waals surface area contributed by atoms with E-state index < -0.39 is 0 Å². The van der Waals surface area contributed by atoms with E-state index in [0.717, 1.165) is 22.0 Å². The van der Waals surface area contributed by atoms with Crippen LogP contribution in [0.25, 0.3) is 0 Å². The fraction of sp³-hybridized carbons (Fsp3) is 0.250. The van der Waals surface area contributed by atoms with Gasteiger partial charge in [-0.2, -0.15) is 0 Å². The van der Waals surface area contributed by atoms with Crippen molar-refractivity contribution in [3.05, 3.63) is 40.8 Å². The molecule has 0 fully saturated rings. The highest BCUT2D eigenvalue weighted by molar-refractivity contribution is 9.10. The van der Waals surface area contributed by atoms with Crippen molar-refractivity contribution in [2.24, 2.45) is 0 Å². The molecule has 4 nitrogen and oxygen atoms in total. The molecule has 94 valence electrons. The summed E-state index contributed by atoms with van der Waals surface area (Å²) in [7, 11) is 2.01. The Labute approximate surface area is 119 Å². The average molecular weight is 325 g/mol. The maximum absolute atomic E-state index is 4.50. The molecule has 0 saturated carbocycles. The molecule has 6 heteroatoms. The molecule has 0 spiro atoms. The van der Waals surface area contributed by atoms with Crippen molar-refractivity contribution >= 4 is 33.5 Å². The smallest absolute Gasteiger partial charge is 0.189 e. The minimum absolute atomic E-state index is 0.773. The van der Waals surface area contributed by atoms with Gasteiger partial charge < -0.3 is 4.90 Å². The van der Waals surface area contributed by atoms with Crippen LogP contribution >= 0.6 is 27.7 Å². The third-order valence-corrected chi connectivity index (χ3v) is 3.54. The van der Waals surface area contributed by atoms with Gasteiger partial charge in [0.1, 0.15) is 5.82 Å². The van der Waals surface area contributed by atoms with Gasteiger partial charge in [-0.3, -0.25) is 4.98 Å². The summed E-state index contributed by atoms with van der Waals surface area (Å²) in [5, 5.41) is 0.773.